The summed E-state index contributed by atoms with van der Waals surface area (Å²) in [5.41, 5.74) is 2.88. The second-order valence-corrected chi connectivity index (χ2v) is 12.6. The minimum atomic E-state index is -4.29. The first-order valence-corrected chi connectivity index (χ1v) is 15.8. The van der Waals surface area contributed by atoms with Crippen LogP contribution in [-0.4, -0.2) is 47.7 Å². The summed E-state index contributed by atoms with van der Waals surface area (Å²) in [6.07, 6.45) is 2.31. The number of hydroxylamine groups is 1. The number of ether oxygens (including phenoxy) is 3. The van der Waals surface area contributed by atoms with Gasteiger partial charge in [-0.05, 0) is 73.6 Å². The van der Waals surface area contributed by atoms with Gasteiger partial charge < -0.3 is 19.3 Å². The van der Waals surface area contributed by atoms with Crippen molar-refractivity contribution < 1.29 is 42.5 Å². The topological polar surface area (TPSA) is 152 Å². The highest BCUT2D eigenvalue weighted by Gasteiger charge is 2.49. The molecule has 3 N–H and O–H groups in total. The lowest BCUT2D eigenvalue weighted by atomic mass is 9.84. The van der Waals surface area contributed by atoms with Crippen LogP contribution in [0.25, 0.3) is 0 Å². The van der Waals surface area contributed by atoms with Gasteiger partial charge in [0.2, 0.25) is 18.1 Å². The maximum absolute atomic E-state index is 13.8. The number of hydrogen-bond acceptors (Lipinski definition) is 8. The SMILES string of the molecule is O=C(O)CCN(C1=COC(C2C(CCc3ccccc3)CCC2C(=O)NO)O1)S(=O)(=O)c1ccc(Oc2ccccc2)cc1. The number of hydrogen-bond donors (Lipinski definition) is 3. The fourth-order valence-corrected chi connectivity index (χ4v) is 7.19. The third-order valence-electron chi connectivity index (χ3n) is 7.97. The number of nitrogens with one attached hydrogen (secondary N) is 1. The average Bonchev–Trinajstić information content (AvgIpc) is 3.68. The van der Waals surface area contributed by atoms with Crippen LogP contribution in [-0.2, 0) is 35.5 Å². The number of carboxylic acid groups (broad SMARTS) is 1. The molecular weight excluding hydrogens is 588 g/mol. The first-order chi connectivity index (χ1) is 21.3. The van der Waals surface area contributed by atoms with E-state index in [1.807, 2.05) is 48.5 Å². The first kappa shape index (κ1) is 30.9. The van der Waals surface area contributed by atoms with Gasteiger partial charge in [0.1, 0.15) is 17.8 Å². The Hall–Kier alpha value is -4.55. The van der Waals surface area contributed by atoms with Gasteiger partial charge >= 0.3 is 5.97 Å². The van der Waals surface area contributed by atoms with Crippen LogP contribution < -0.4 is 10.2 Å². The predicted molar refractivity (Wildman–Crippen MR) is 158 cm³/mol. The van der Waals surface area contributed by atoms with Crippen LogP contribution in [0.3, 0.4) is 0 Å². The van der Waals surface area contributed by atoms with Crippen LogP contribution in [0, 0.1) is 17.8 Å². The number of nitrogens with zero attached hydrogens (tertiary/aromatic N) is 1. The van der Waals surface area contributed by atoms with E-state index in [2.05, 4.69) is 0 Å². The number of carbonyl (C=O) groups is 2. The lowest BCUT2D eigenvalue weighted by Gasteiger charge is -2.30. The van der Waals surface area contributed by atoms with Crippen LogP contribution in [0.5, 0.6) is 11.5 Å². The van der Waals surface area contributed by atoms with Crippen LogP contribution >= 0.6 is 0 Å². The van der Waals surface area contributed by atoms with E-state index >= 15 is 0 Å². The van der Waals surface area contributed by atoms with Crippen molar-refractivity contribution in [2.24, 2.45) is 17.8 Å². The molecule has 0 bridgehead atoms. The Bertz CT molecular complexity index is 1560. The Labute approximate surface area is 255 Å². The van der Waals surface area contributed by atoms with Crippen molar-refractivity contribution in [3.05, 3.63) is 103 Å². The molecule has 4 unspecified atom stereocenters. The number of para-hydroxylation sites is 1. The van der Waals surface area contributed by atoms with Crippen molar-refractivity contribution >= 4 is 21.9 Å². The second-order valence-electron chi connectivity index (χ2n) is 10.7. The van der Waals surface area contributed by atoms with Crippen molar-refractivity contribution in [3.63, 3.8) is 0 Å². The van der Waals surface area contributed by atoms with E-state index in [9.17, 15) is 28.3 Å². The molecule has 232 valence electrons. The quantitative estimate of drug-likeness (QED) is 0.179. The fraction of sp³-hybridized carbons (Fsp3) is 0.312. The number of aliphatic carboxylic acids is 1. The van der Waals surface area contributed by atoms with Gasteiger partial charge in [0.15, 0.2) is 0 Å². The van der Waals surface area contributed by atoms with Crippen molar-refractivity contribution in [2.45, 2.75) is 43.3 Å². The van der Waals surface area contributed by atoms with Gasteiger partial charge in [-0.1, -0.05) is 48.5 Å². The zero-order valence-corrected chi connectivity index (χ0v) is 24.6. The summed E-state index contributed by atoms with van der Waals surface area (Å²) in [6, 6.07) is 24.7. The van der Waals surface area contributed by atoms with Crippen molar-refractivity contribution in [1.82, 2.24) is 9.79 Å². The molecule has 3 aromatic carbocycles. The number of carboxylic acids is 1. The van der Waals surface area contributed by atoms with Crippen molar-refractivity contribution in [3.8, 4) is 11.5 Å². The molecule has 1 aliphatic carbocycles. The highest BCUT2D eigenvalue weighted by Crippen LogP contribution is 2.45. The van der Waals surface area contributed by atoms with Gasteiger partial charge in [-0.3, -0.25) is 14.8 Å². The maximum atomic E-state index is 13.8. The third-order valence-corrected chi connectivity index (χ3v) is 9.78. The van der Waals surface area contributed by atoms with E-state index in [-0.39, 0.29) is 16.7 Å². The largest absolute Gasteiger partial charge is 0.481 e. The molecule has 0 radical (unpaired) electrons. The smallest absolute Gasteiger partial charge is 0.305 e. The standard InChI is InChI=1S/C32H34N2O9S/c35-29(36)19-20-34(44(39,40)26-16-14-25(15-17-26)42-24-9-5-2-6-10-24)28-21-41-32(43-28)30-23(13-18-27(30)31(37)33-38)12-11-22-7-3-1-4-8-22/h1-10,14-17,21,23,27,30,32,38H,11-13,18-20H2,(H,33,37)(H,35,36). The summed E-state index contributed by atoms with van der Waals surface area (Å²) in [5.74, 6) is -2.06. The number of aryl methyl sites for hydroxylation is 1. The molecule has 44 heavy (non-hydrogen) atoms. The Kier molecular flexibility index (Phi) is 9.71. The number of benzene rings is 3. The number of rotatable bonds is 13. The highest BCUT2D eigenvalue weighted by molar-refractivity contribution is 7.89. The van der Waals surface area contributed by atoms with Gasteiger partial charge in [0.25, 0.3) is 10.0 Å². The Balaban J connectivity index is 1.34. The molecule has 0 aromatic heterocycles. The Morgan fingerprint density at radius 1 is 0.932 bits per heavy atom. The Morgan fingerprint density at radius 2 is 1.59 bits per heavy atom. The van der Waals surface area contributed by atoms with Gasteiger partial charge in [0.05, 0.1) is 17.2 Å². The van der Waals surface area contributed by atoms with Gasteiger partial charge in [-0.2, -0.15) is 0 Å². The zero-order chi connectivity index (χ0) is 31.1. The van der Waals surface area contributed by atoms with Gasteiger partial charge in [-0.25, -0.2) is 18.2 Å². The molecule has 12 heteroatoms. The van der Waals surface area contributed by atoms with Gasteiger partial charge in [-0.15, -0.1) is 0 Å². The van der Waals surface area contributed by atoms with E-state index in [1.165, 1.54) is 24.3 Å². The fourth-order valence-electron chi connectivity index (χ4n) is 5.81. The van der Waals surface area contributed by atoms with Gasteiger partial charge in [0, 0.05) is 12.5 Å². The molecule has 0 saturated heterocycles. The second kappa shape index (κ2) is 13.8. The monoisotopic (exact) mass is 622 g/mol. The Morgan fingerprint density at radius 3 is 2.25 bits per heavy atom. The predicted octanol–water partition coefficient (Wildman–Crippen LogP) is 4.90. The molecular formula is C32H34N2O9S. The summed E-state index contributed by atoms with van der Waals surface area (Å²) in [7, 11) is -4.29. The number of amides is 1. The van der Waals surface area contributed by atoms with Crippen LogP contribution in [0.2, 0.25) is 0 Å². The summed E-state index contributed by atoms with van der Waals surface area (Å²) in [5, 5.41) is 18.8. The molecule has 1 saturated carbocycles. The van der Waals surface area contributed by atoms with Crippen molar-refractivity contribution in [1.29, 1.82) is 0 Å². The number of sulfonamides is 1. The molecule has 1 fully saturated rings. The van der Waals surface area contributed by atoms with Crippen LogP contribution in [0.4, 0.5) is 0 Å². The maximum Gasteiger partial charge on any atom is 0.305 e. The zero-order valence-electron chi connectivity index (χ0n) is 23.8. The number of carbonyl (C=O) groups excluding carboxylic acids is 1. The van der Waals surface area contributed by atoms with E-state index in [0.29, 0.717) is 24.3 Å². The summed E-state index contributed by atoms with van der Waals surface area (Å²) in [4.78, 5) is 24.0. The molecule has 1 amide bonds. The first-order valence-electron chi connectivity index (χ1n) is 14.3. The summed E-state index contributed by atoms with van der Waals surface area (Å²) >= 11 is 0. The summed E-state index contributed by atoms with van der Waals surface area (Å²) < 4.78 is 46.1. The van der Waals surface area contributed by atoms with E-state index in [0.717, 1.165) is 29.0 Å². The van der Waals surface area contributed by atoms with E-state index < -0.39 is 53.0 Å². The molecule has 4 atom stereocenters. The van der Waals surface area contributed by atoms with E-state index in [1.54, 1.807) is 17.6 Å². The van der Waals surface area contributed by atoms with E-state index in [4.69, 9.17) is 14.2 Å². The lowest BCUT2D eigenvalue weighted by molar-refractivity contribution is -0.145. The molecule has 2 aliphatic rings. The van der Waals surface area contributed by atoms with Crippen LogP contribution in [0.15, 0.2) is 102 Å². The molecule has 1 aliphatic heterocycles. The molecule has 1 heterocycles. The minimum absolute atomic E-state index is 0.0171. The summed E-state index contributed by atoms with van der Waals surface area (Å²) in [6.45, 7) is -0.412. The molecule has 0 spiro atoms. The van der Waals surface area contributed by atoms with Crippen LogP contribution in [0.1, 0.15) is 31.2 Å². The average molecular weight is 623 g/mol. The third kappa shape index (κ3) is 7.14. The normalized spacial score (nSPS) is 21.1. The van der Waals surface area contributed by atoms with Crippen molar-refractivity contribution in [2.75, 3.05) is 6.54 Å². The minimum Gasteiger partial charge on any atom is -0.481 e. The highest BCUT2D eigenvalue weighted by atomic mass is 32.2. The molecule has 11 nitrogen and oxygen atoms in total. The lowest BCUT2D eigenvalue weighted by Crippen LogP contribution is -2.39. The molecule has 5 rings (SSSR count). The molecule has 3 aromatic rings.